The van der Waals surface area contributed by atoms with Crippen molar-refractivity contribution in [3.05, 3.63) is 76.9 Å². The summed E-state index contributed by atoms with van der Waals surface area (Å²) in [7, 11) is 0. The molecule has 1 atom stereocenters. The van der Waals surface area contributed by atoms with Crippen molar-refractivity contribution in [2.45, 2.75) is 52.6 Å². The number of ether oxygens (including phenoxy) is 2. The van der Waals surface area contributed by atoms with E-state index in [9.17, 15) is 9.59 Å². The first-order chi connectivity index (χ1) is 16.1. The maximum Gasteiger partial charge on any atom is 0.411 e. The minimum absolute atomic E-state index is 0.194. The summed E-state index contributed by atoms with van der Waals surface area (Å²) in [6, 6.07) is 16.8. The Morgan fingerprint density at radius 3 is 2.36 bits per heavy atom. The van der Waals surface area contributed by atoms with Crippen LogP contribution in [0, 0.1) is 17.8 Å². The number of anilines is 1. The molecule has 0 heterocycles. The SMILES string of the molecule is CCCCCCC1=C(C#Cc2ccc(NC(=O)OCc3ccccc3)cc2)C1C(=O)OCC. The molecule has 0 spiro atoms. The number of nitrogens with one attached hydrogen (secondary N) is 1. The lowest BCUT2D eigenvalue weighted by molar-refractivity contribution is -0.144. The highest BCUT2D eigenvalue weighted by molar-refractivity contribution is 5.88. The number of unbranched alkanes of at least 4 members (excludes halogenated alkanes) is 3. The molecule has 2 aromatic rings. The molecule has 0 fully saturated rings. The van der Waals surface area contributed by atoms with Crippen LogP contribution < -0.4 is 5.32 Å². The zero-order valence-corrected chi connectivity index (χ0v) is 19.4. The molecule has 1 aliphatic rings. The normalized spacial score (nSPS) is 14.2. The highest BCUT2D eigenvalue weighted by Gasteiger charge is 2.42. The summed E-state index contributed by atoms with van der Waals surface area (Å²) in [5.41, 5.74) is 4.39. The Morgan fingerprint density at radius 1 is 0.909 bits per heavy atom. The second kappa shape index (κ2) is 12.5. The van der Waals surface area contributed by atoms with Crippen LogP contribution in [0.5, 0.6) is 0 Å². The van der Waals surface area contributed by atoms with E-state index >= 15 is 0 Å². The van der Waals surface area contributed by atoms with Crippen molar-refractivity contribution in [2.75, 3.05) is 11.9 Å². The Balaban J connectivity index is 1.54. The molecule has 0 aromatic heterocycles. The van der Waals surface area contributed by atoms with E-state index in [1.807, 2.05) is 49.4 Å². The van der Waals surface area contributed by atoms with Crippen LogP contribution in [0.4, 0.5) is 10.5 Å². The fourth-order valence-electron chi connectivity index (χ4n) is 3.58. The number of benzene rings is 2. The Bertz CT molecular complexity index is 1030. The third-order valence-corrected chi connectivity index (χ3v) is 5.41. The molecular weight excluding hydrogens is 414 g/mol. The van der Waals surface area contributed by atoms with Gasteiger partial charge in [-0.25, -0.2) is 4.79 Å². The lowest BCUT2D eigenvalue weighted by Crippen LogP contribution is -2.13. The molecule has 5 heteroatoms. The first-order valence-electron chi connectivity index (χ1n) is 11.6. The Kier molecular flexibility index (Phi) is 9.14. The van der Waals surface area contributed by atoms with Crippen molar-refractivity contribution in [3.8, 4) is 11.8 Å². The molecule has 172 valence electrons. The number of esters is 1. The van der Waals surface area contributed by atoms with Crippen LogP contribution in [0.25, 0.3) is 0 Å². The molecule has 5 nitrogen and oxygen atoms in total. The van der Waals surface area contributed by atoms with E-state index in [1.165, 1.54) is 19.3 Å². The second-order valence-electron chi connectivity index (χ2n) is 7.95. The summed E-state index contributed by atoms with van der Waals surface area (Å²) in [6.07, 6.45) is 5.03. The number of carbonyl (C=O) groups is 2. The number of carbonyl (C=O) groups excluding carboxylic acids is 2. The monoisotopic (exact) mass is 445 g/mol. The van der Waals surface area contributed by atoms with Gasteiger partial charge in [0.15, 0.2) is 0 Å². The molecule has 1 amide bonds. The van der Waals surface area contributed by atoms with Gasteiger partial charge in [0.2, 0.25) is 0 Å². The molecule has 0 aliphatic heterocycles. The third-order valence-electron chi connectivity index (χ3n) is 5.41. The molecule has 2 aromatic carbocycles. The molecule has 0 bridgehead atoms. The molecule has 1 unspecified atom stereocenters. The van der Waals surface area contributed by atoms with Gasteiger partial charge in [-0.15, -0.1) is 0 Å². The van der Waals surface area contributed by atoms with Crippen LogP contribution in [0.3, 0.4) is 0 Å². The van der Waals surface area contributed by atoms with Crippen molar-refractivity contribution in [1.29, 1.82) is 0 Å². The number of hydrogen-bond acceptors (Lipinski definition) is 4. The van der Waals surface area contributed by atoms with Crippen molar-refractivity contribution in [3.63, 3.8) is 0 Å². The van der Waals surface area contributed by atoms with Crippen LogP contribution in [0.1, 0.15) is 57.1 Å². The van der Waals surface area contributed by atoms with E-state index in [0.717, 1.165) is 35.1 Å². The molecule has 3 rings (SSSR count). The maximum atomic E-state index is 12.2. The molecule has 0 saturated heterocycles. The van der Waals surface area contributed by atoms with Crippen LogP contribution in [0.2, 0.25) is 0 Å². The number of rotatable bonds is 10. The van der Waals surface area contributed by atoms with Gasteiger partial charge in [0.1, 0.15) is 12.5 Å². The number of amides is 1. The van der Waals surface area contributed by atoms with Gasteiger partial charge in [-0.05, 0) is 55.2 Å². The Morgan fingerprint density at radius 2 is 1.67 bits per heavy atom. The predicted molar refractivity (Wildman–Crippen MR) is 129 cm³/mol. The van der Waals surface area contributed by atoms with Crippen molar-refractivity contribution < 1.29 is 19.1 Å². The molecule has 1 N–H and O–H groups in total. The highest BCUT2D eigenvalue weighted by Crippen LogP contribution is 2.43. The van der Waals surface area contributed by atoms with E-state index in [2.05, 4.69) is 24.1 Å². The summed E-state index contributed by atoms with van der Waals surface area (Å²) < 4.78 is 10.4. The fraction of sp³-hybridized carbons (Fsp3) is 0.357. The van der Waals surface area contributed by atoms with Crippen molar-refractivity contribution in [1.82, 2.24) is 0 Å². The molecule has 1 aliphatic carbocycles. The zero-order chi connectivity index (χ0) is 23.5. The summed E-state index contributed by atoms with van der Waals surface area (Å²) in [5.74, 6) is 5.84. The Labute approximate surface area is 196 Å². The quantitative estimate of drug-likeness (QED) is 0.267. The van der Waals surface area contributed by atoms with Gasteiger partial charge in [-0.1, -0.05) is 68.4 Å². The summed E-state index contributed by atoms with van der Waals surface area (Å²) in [4.78, 5) is 24.2. The van der Waals surface area contributed by atoms with Crippen molar-refractivity contribution >= 4 is 17.7 Å². The summed E-state index contributed by atoms with van der Waals surface area (Å²) in [6.45, 7) is 4.60. The van der Waals surface area contributed by atoms with Crippen LogP contribution >= 0.6 is 0 Å². The van der Waals surface area contributed by atoms with Gasteiger partial charge in [0.05, 0.1) is 6.61 Å². The molecular formula is C28H31NO4. The van der Waals surface area contributed by atoms with Crippen LogP contribution in [-0.2, 0) is 20.9 Å². The molecule has 33 heavy (non-hydrogen) atoms. The average Bonchev–Trinajstić information content (AvgIpc) is 3.53. The summed E-state index contributed by atoms with van der Waals surface area (Å²) in [5, 5.41) is 2.71. The van der Waals surface area contributed by atoms with Gasteiger partial charge in [0, 0.05) is 16.8 Å². The van der Waals surface area contributed by atoms with E-state index in [-0.39, 0.29) is 18.5 Å². The predicted octanol–water partition coefficient (Wildman–Crippen LogP) is 6.25. The minimum Gasteiger partial charge on any atom is -0.465 e. The number of hydrogen-bond donors (Lipinski definition) is 1. The first-order valence-corrected chi connectivity index (χ1v) is 11.6. The summed E-state index contributed by atoms with van der Waals surface area (Å²) >= 11 is 0. The average molecular weight is 446 g/mol. The highest BCUT2D eigenvalue weighted by atomic mass is 16.5. The Hall–Kier alpha value is -3.52. The third kappa shape index (κ3) is 7.54. The van der Waals surface area contributed by atoms with Gasteiger partial charge in [-0.3, -0.25) is 10.1 Å². The van der Waals surface area contributed by atoms with Crippen molar-refractivity contribution in [2.24, 2.45) is 5.92 Å². The molecule has 0 radical (unpaired) electrons. The zero-order valence-electron chi connectivity index (χ0n) is 19.4. The topological polar surface area (TPSA) is 64.6 Å². The van der Waals surface area contributed by atoms with Gasteiger partial charge >= 0.3 is 12.1 Å². The van der Waals surface area contributed by atoms with E-state index in [0.29, 0.717) is 12.3 Å². The van der Waals surface area contributed by atoms with E-state index in [1.54, 1.807) is 12.1 Å². The van der Waals surface area contributed by atoms with Gasteiger partial charge < -0.3 is 9.47 Å². The van der Waals surface area contributed by atoms with E-state index in [4.69, 9.17) is 9.47 Å². The van der Waals surface area contributed by atoms with Crippen LogP contribution in [-0.4, -0.2) is 18.7 Å². The second-order valence-corrected chi connectivity index (χ2v) is 7.95. The maximum absolute atomic E-state index is 12.2. The van der Waals surface area contributed by atoms with Gasteiger partial charge in [-0.2, -0.15) is 0 Å². The lowest BCUT2D eigenvalue weighted by Gasteiger charge is -2.07. The van der Waals surface area contributed by atoms with E-state index < -0.39 is 6.09 Å². The van der Waals surface area contributed by atoms with Gasteiger partial charge in [0.25, 0.3) is 0 Å². The van der Waals surface area contributed by atoms with Crippen LogP contribution in [0.15, 0.2) is 65.7 Å². The first kappa shape index (κ1) is 24.1. The smallest absolute Gasteiger partial charge is 0.411 e. The standard InChI is InChI=1S/C28H31NO4/c1-3-5-6-10-13-24-25(26(24)27(30)32-4-2)19-16-21-14-17-23(18-15-21)29-28(31)33-20-22-11-8-7-9-12-22/h7-9,11-12,14-15,17-18,26H,3-6,10,13,20H2,1-2H3,(H,29,31). The lowest BCUT2D eigenvalue weighted by atomic mass is 10.1. The molecule has 0 saturated carbocycles. The fourth-order valence-corrected chi connectivity index (χ4v) is 3.58. The minimum atomic E-state index is -0.509. The largest absolute Gasteiger partial charge is 0.465 e.